The summed E-state index contributed by atoms with van der Waals surface area (Å²) < 4.78 is 15.6. The van der Waals surface area contributed by atoms with E-state index in [0.717, 1.165) is 41.3 Å². The first-order chi connectivity index (χ1) is 9.85. The van der Waals surface area contributed by atoms with Crippen LogP contribution in [0.1, 0.15) is 17.7 Å². The molecule has 1 aliphatic heterocycles. The normalized spacial score (nSPS) is 15.0. The highest BCUT2D eigenvalue weighted by atomic mass is 32.2. The van der Waals surface area contributed by atoms with E-state index in [1.165, 1.54) is 5.23 Å². The quantitative estimate of drug-likeness (QED) is 0.601. The highest BCUT2D eigenvalue weighted by molar-refractivity contribution is 7.90. The van der Waals surface area contributed by atoms with Crippen molar-refractivity contribution in [2.24, 2.45) is 0 Å². The number of carbonyl (C=O) groups excluding carboxylic acids is 1. The van der Waals surface area contributed by atoms with Crippen molar-refractivity contribution >= 4 is 18.6 Å². The molecule has 0 radical (unpaired) electrons. The van der Waals surface area contributed by atoms with E-state index >= 15 is 0 Å². The Balaban J connectivity index is 1.66. The summed E-state index contributed by atoms with van der Waals surface area (Å²) in [6, 6.07) is 11.8. The Morgan fingerprint density at radius 2 is 1.90 bits per heavy atom. The third-order valence-electron chi connectivity index (χ3n) is 2.95. The summed E-state index contributed by atoms with van der Waals surface area (Å²) >= 11 is 0.960. The Bertz CT molecular complexity index is 577. The van der Waals surface area contributed by atoms with Crippen LogP contribution in [-0.2, 0) is 26.3 Å². The molecule has 0 spiro atoms. The topological polar surface area (TPSA) is 51.9 Å². The highest BCUT2D eigenvalue weighted by Crippen LogP contribution is 2.27. The molecule has 0 atom stereocenters. The van der Waals surface area contributed by atoms with Gasteiger partial charge < -0.3 is 9.21 Å². The van der Waals surface area contributed by atoms with Crippen molar-refractivity contribution in [3.05, 3.63) is 47.7 Å². The number of rotatable bonds is 6. The number of aldehydes is 1. The van der Waals surface area contributed by atoms with Crippen LogP contribution in [-0.4, -0.2) is 11.5 Å². The minimum absolute atomic E-state index is 0.486. The standard InChI is InChI=1S/C14H13NO4S/c16-9-1-2-13-7-8-14(17-13)12-5-3-11(4-6-12)10-15-18-20-19-15/h3-9H,1-2,10H2. The Morgan fingerprint density at radius 1 is 1.10 bits per heavy atom. The van der Waals surface area contributed by atoms with Gasteiger partial charge in [0, 0.05) is 18.4 Å². The van der Waals surface area contributed by atoms with Crippen LogP contribution in [0.15, 0.2) is 40.8 Å². The molecule has 2 aromatic rings. The summed E-state index contributed by atoms with van der Waals surface area (Å²) in [4.78, 5) is 10.3. The third kappa shape index (κ3) is 3.10. The first-order valence-corrected chi connectivity index (χ1v) is 6.92. The van der Waals surface area contributed by atoms with E-state index in [-0.39, 0.29) is 0 Å². The van der Waals surface area contributed by atoms with E-state index in [0.29, 0.717) is 19.4 Å². The van der Waals surface area contributed by atoms with Crippen LogP contribution in [0.5, 0.6) is 0 Å². The lowest BCUT2D eigenvalue weighted by atomic mass is 10.1. The SMILES string of the molecule is O=CCCc1ccc(-c2ccc(CN3OSO3)cc2)o1. The van der Waals surface area contributed by atoms with Gasteiger partial charge in [-0.2, -0.15) is 8.57 Å². The van der Waals surface area contributed by atoms with E-state index < -0.39 is 0 Å². The van der Waals surface area contributed by atoms with Crippen molar-refractivity contribution in [3.63, 3.8) is 0 Å². The van der Waals surface area contributed by atoms with Gasteiger partial charge in [-0.05, 0) is 22.9 Å². The van der Waals surface area contributed by atoms with Gasteiger partial charge in [0.2, 0.25) is 12.3 Å². The zero-order valence-electron chi connectivity index (χ0n) is 10.7. The van der Waals surface area contributed by atoms with E-state index in [1.54, 1.807) is 0 Å². The molecule has 20 heavy (non-hydrogen) atoms. The van der Waals surface area contributed by atoms with Gasteiger partial charge in [0.05, 0.1) is 6.54 Å². The summed E-state index contributed by atoms with van der Waals surface area (Å²) in [5, 5.41) is 1.41. The van der Waals surface area contributed by atoms with Gasteiger partial charge >= 0.3 is 0 Å². The van der Waals surface area contributed by atoms with Crippen molar-refractivity contribution in [1.29, 1.82) is 0 Å². The maximum Gasteiger partial charge on any atom is 0.203 e. The molecule has 0 amide bonds. The molecule has 0 aliphatic carbocycles. The molecule has 6 heteroatoms. The van der Waals surface area contributed by atoms with Crippen molar-refractivity contribution in [3.8, 4) is 11.3 Å². The van der Waals surface area contributed by atoms with E-state index in [2.05, 4.69) is 0 Å². The molecule has 1 aliphatic rings. The largest absolute Gasteiger partial charge is 0.461 e. The second-order valence-electron chi connectivity index (χ2n) is 4.38. The minimum Gasteiger partial charge on any atom is -0.461 e. The van der Waals surface area contributed by atoms with Crippen LogP contribution in [0.25, 0.3) is 11.3 Å². The maximum absolute atomic E-state index is 10.3. The number of hydroxylamine groups is 2. The number of benzene rings is 1. The van der Waals surface area contributed by atoms with E-state index in [9.17, 15) is 4.79 Å². The molecule has 104 valence electrons. The van der Waals surface area contributed by atoms with Crippen LogP contribution in [0.4, 0.5) is 0 Å². The van der Waals surface area contributed by atoms with Crippen molar-refractivity contribution in [1.82, 2.24) is 5.23 Å². The summed E-state index contributed by atoms with van der Waals surface area (Å²) in [7, 11) is 0. The van der Waals surface area contributed by atoms with Gasteiger partial charge in [-0.1, -0.05) is 24.3 Å². The molecule has 0 N–H and O–H groups in total. The monoisotopic (exact) mass is 291 g/mol. The molecular formula is C14H13NO4S. The van der Waals surface area contributed by atoms with Gasteiger partial charge in [0.1, 0.15) is 17.8 Å². The fourth-order valence-corrected chi connectivity index (χ4v) is 2.17. The van der Waals surface area contributed by atoms with Crippen molar-refractivity contribution < 1.29 is 17.8 Å². The molecular weight excluding hydrogens is 278 g/mol. The molecule has 0 unspecified atom stereocenters. The van der Waals surface area contributed by atoms with Crippen LogP contribution < -0.4 is 0 Å². The van der Waals surface area contributed by atoms with E-state index in [4.69, 9.17) is 13.0 Å². The number of aryl methyl sites for hydroxylation is 1. The van der Waals surface area contributed by atoms with E-state index in [1.807, 2.05) is 36.4 Å². The number of nitrogens with zero attached hydrogens (tertiary/aromatic N) is 1. The lowest BCUT2D eigenvalue weighted by Crippen LogP contribution is -2.26. The molecule has 1 aromatic carbocycles. The van der Waals surface area contributed by atoms with Gasteiger partial charge in [-0.25, -0.2) is 0 Å². The number of furan rings is 1. The molecule has 1 saturated heterocycles. The third-order valence-corrected chi connectivity index (χ3v) is 3.40. The fourth-order valence-electron chi connectivity index (χ4n) is 1.92. The maximum atomic E-state index is 10.3. The lowest BCUT2D eigenvalue weighted by molar-refractivity contribution is -0.309. The molecule has 0 bridgehead atoms. The van der Waals surface area contributed by atoms with Crippen LogP contribution in [0.2, 0.25) is 0 Å². The summed E-state index contributed by atoms with van der Waals surface area (Å²) in [6.45, 7) is 0.579. The lowest BCUT2D eigenvalue weighted by Gasteiger charge is -2.24. The number of carbonyl (C=O) groups is 1. The molecule has 1 aromatic heterocycles. The minimum atomic E-state index is 0.486. The molecule has 3 rings (SSSR count). The predicted molar refractivity (Wildman–Crippen MR) is 73.8 cm³/mol. The Kier molecular flexibility index (Phi) is 4.17. The van der Waals surface area contributed by atoms with Crippen molar-refractivity contribution in [2.45, 2.75) is 19.4 Å². The molecule has 1 fully saturated rings. The summed E-state index contributed by atoms with van der Waals surface area (Å²) in [5.41, 5.74) is 2.09. The number of hydrogen-bond donors (Lipinski definition) is 0. The molecule has 2 heterocycles. The Hall–Kier alpha value is -1.60. The summed E-state index contributed by atoms with van der Waals surface area (Å²) in [6.07, 6.45) is 2.03. The van der Waals surface area contributed by atoms with Gasteiger partial charge in [-0.3, -0.25) is 0 Å². The Labute approximate surface area is 120 Å². The van der Waals surface area contributed by atoms with Crippen LogP contribution in [0, 0.1) is 0 Å². The van der Waals surface area contributed by atoms with Crippen LogP contribution in [0.3, 0.4) is 0 Å². The first-order valence-electron chi connectivity index (χ1n) is 6.26. The zero-order chi connectivity index (χ0) is 13.8. The van der Waals surface area contributed by atoms with Crippen LogP contribution >= 0.6 is 12.3 Å². The zero-order valence-corrected chi connectivity index (χ0v) is 11.5. The first kappa shape index (κ1) is 13.4. The van der Waals surface area contributed by atoms with Gasteiger partial charge in [-0.15, -0.1) is 0 Å². The fraction of sp³-hybridized carbons (Fsp3) is 0.214. The smallest absolute Gasteiger partial charge is 0.203 e. The average molecular weight is 291 g/mol. The van der Waals surface area contributed by atoms with Crippen molar-refractivity contribution in [2.75, 3.05) is 0 Å². The predicted octanol–water partition coefficient (Wildman–Crippen LogP) is 3.32. The summed E-state index contributed by atoms with van der Waals surface area (Å²) in [5.74, 6) is 1.64. The second-order valence-corrected chi connectivity index (χ2v) is 4.81. The molecule has 5 nitrogen and oxygen atoms in total. The second kappa shape index (κ2) is 6.23. The Morgan fingerprint density at radius 3 is 2.55 bits per heavy atom. The highest BCUT2D eigenvalue weighted by Gasteiger charge is 2.19. The van der Waals surface area contributed by atoms with Gasteiger partial charge in [0.25, 0.3) is 0 Å². The molecule has 0 saturated carbocycles. The number of hydrogen-bond acceptors (Lipinski definition) is 6. The van der Waals surface area contributed by atoms with Gasteiger partial charge in [0.15, 0.2) is 0 Å². The average Bonchev–Trinajstić information content (AvgIpc) is 2.90.